The topological polar surface area (TPSA) is 124 Å². The van der Waals surface area contributed by atoms with Crippen molar-refractivity contribution in [3.63, 3.8) is 0 Å². The van der Waals surface area contributed by atoms with Crippen molar-refractivity contribution < 1.29 is 8.78 Å². The zero-order valence-corrected chi connectivity index (χ0v) is 15.9. The molecule has 0 aliphatic carbocycles. The molecule has 28 heavy (non-hydrogen) atoms. The van der Waals surface area contributed by atoms with Gasteiger partial charge in [-0.05, 0) is 37.1 Å². The van der Waals surface area contributed by atoms with Crippen molar-refractivity contribution >= 4 is 23.1 Å². The number of aliphatic imine (C=N–C) groups is 2. The van der Waals surface area contributed by atoms with Crippen molar-refractivity contribution in [3.05, 3.63) is 58.8 Å². The van der Waals surface area contributed by atoms with Gasteiger partial charge in [0.15, 0.2) is 0 Å². The van der Waals surface area contributed by atoms with Crippen molar-refractivity contribution in [1.29, 1.82) is 10.8 Å². The normalized spacial score (nSPS) is 15.8. The molecule has 1 aromatic carbocycles. The molecule has 0 radical (unpaired) electrons. The summed E-state index contributed by atoms with van der Waals surface area (Å²) >= 11 is 0. The molecule has 0 bridgehead atoms. The van der Waals surface area contributed by atoms with Gasteiger partial charge in [0.25, 0.3) is 0 Å². The van der Waals surface area contributed by atoms with E-state index < -0.39 is 11.6 Å². The van der Waals surface area contributed by atoms with E-state index in [1.807, 2.05) is 13.8 Å². The molecular formula is C20H24F2N6. The third kappa shape index (κ3) is 5.18. The number of amidine groups is 2. The smallest absolute Gasteiger partial charge is 0.146 e. The lowest BCUT2D eigenvalue weighted by Crippen LogP contribution is -2.20. The van der Waals surface area contributed by atoms with Crippen LogP contribution in [-0.2, 0) is 0 Å². The monoisotopic (exact) mass is 386 g/mol. The summed E-state index contributed by atoms with van der Waals surface area (Å²) in [6.07, 6.45) is 4.19. The third-order valence-corrected chi connectivity index (χ3v) is 4.16. The molecule has 1 heterocycles. The zero-order chi connectivity index (χ0) is 20.8. The van der Waals surface area contributed by atoms with Gasteiger partial charge in [0.2, 0.25) is 0 Å². The molecule has 8 heteroatoms. The molecule has 0 atom stereocenters. The highest BCUT2D eigenvalue weighted by atomic mass is 19.1. The summed E-state index contributed by atoms with van der Waals surface area (Å²) in [5, 5.41) is 16.3. The van der Waals surface area contributed by atoms with Crippen LogP contribution < -0.4 is 11.5 Å². The fourth-order valence-corrected chi connectivity index (χ4v) is 2.58. The largest absolute Gasteiger partial charge is 0.398 e. The van der Waals surface area contributed by atoms with Gasteiger partial charge in [0.05, 0.1) is 5.71 Å². The Balaban J connectivity index is 2.42. The molecular weight excluding hydrogens is 362 g/mol. The van der Waals surface area contributed by atoms with Gasteiger partial charge in [-0.25, -0.2) is 13.8 Å². The lowest BCUT2D eigenvalue weighted by molar-refractivity contribution is 0.582. The van der Waals surface area contributed by atoms with Crippen LogP contribution in [-0.4, -0.2) is 29.6 Å². The number of allylic oxidation sites excluding steroid dienone is 2. The molecule has 2 rings (SSSR count). The molecule has 1 aromatic rings. The average Bonchev–Trinajstić information content (AvgIpc) is 3.14. The van der Waals surface area contributed by atoms with E-state index in [0.717, 1.165) is 18.6 Å². The van der Waals surface area contributed by atoms with Crippen LogP contribution in [0.25, 0.3) is 0 Å². The highest BCUT2D eigenvalue weighted by Gasteiger charge is 2.22. The van der Waals surface area contributed by atoms with E-state index in [4.69, 9.17) is 22.3 Å². The van der Waals surface area contributed by atoms with E-state index in [9.17, 15) is 8.78 Å². The first-order valence-electron chi connectivity index (χ1n) is 8.89. The average molecular weight is 386 g/mol. The summed E-state index contributed by atoms with van der Waals surface area (Å²) in [5.74, 6) is -1.35. The molecule has 6 N–H and O–H groups in total. The maximum Gasteiger partial charge on any atom is 0.146 e. The summed E-state index contributed by atoms with van der Waals surface area (Å²) in [6, 6.07) is 3.02. The van der Waals surface area contributed by atoms with Gasteiger partial charge < -0.3 is 11.5 Å². The maximum absolute atomic E-state index is 14.2. The molecule has 0 amide bonds. The highest BCUT2D eigenvalue weighted by Crippen LogP contribution is 2.21. The second kappa shape index (κ2) is 9.16. The summed E-state index contributed by atoms with van der Waals surface area (Å²) in [5.41, 5.74) is 12.7. The summed E-state index contributed by atoms with van der Waals surface area (Å²) in [7, 11) is 0. The van der Waals surface area contributed by atoms with Gasteiger partial charge in [0, 0.05) is 41.1 Å². The molecule has 0 aromatic heterocycles. The van der Waals surface area contributed by atoms with Crippen LogP contribution in [0.5, 0.6) is 0 Å². The fourth-order valence-electron chi connectivity index (χ4n) is 2.58. The van der Waals surface area contributed by atoms with Crippen molar-refractivity contribution in [2.75, 3.05) is 6.54 Å². The number of nitrogens with two attached hydrogens (primary N) is 2. The third-order valence-electron chi connectivity index (χ3n) is 4.16. The minimum absolute atomic E-state index is 0.000302. The molecule has 0 spiro atoms. The Kier molecular flexibility index (Phi) is 6.92. The highest BCUT2D eigenvalue weighted by molar-refractivity contribution is 6.30. The van der Waals surface area contributed by atoms with E-state index in [1.165, 1.54) is 18.2 Å². The molecule has 148 valence electrons. The van der Waals surface area contributed by atoms with Crippen LogP contribution in [0.2, 0.25) is 0 Å². The number of hydrogen-bond donors (Lipinski definition) is 4. The number of rotatable bonds is 6. The predicted octanol–water partition coefficient (Wildman–Crippen LogP) is 3.33. The minimum atomic E-state index is -0.847. The Labute approximate surface area is 162 Å². The quantitative estimate of drug-likeness (QED) is 0.340. The van der Waals surface area contributed by atoms with E-state index in [0.29, 0.717) is 24.5 Å². The van der Waals surface area contributed by atoms with Crippen LogP contribution in [0.15, 0.2) is 51.6 Å². The van der Waals surface area contributed by atoms with Crippen molar-refractivity contribution in [2.45, 2.75) is 26.7 Å². The number of halogens is 2. The second-order valence-electron chi connectivity index (χ2n) is 6.67. The van der Waals surface area contributed by atoms with Gasteiger partial charge in [-0.1, -0.05) is 13.8 Å². The van der Waals surface area contributed by atoms with Gasteiger partial charge >= 0.3 is 0 Å². The lowest BCUT2D eigenvalue weighted by atomic mass is 9.94. The Bertz CT molecular complexity index is 909. The maximum atomic E-state index is 14.2. The van der Waals surface area contributed by atoms with Crippen molar-refractivity contribution in [1.82, 2.24) is 0 Å². The molecule has 6 nitrogen and oxygen atoms in total. The van der Waals surface area contributed by atoms with Gasteiger partial charge in [-0.15, -0.1) is 0 Å². The lowest BCUT2D eigenvalue weighted by Gasteiger charge is -2.13. The van der Waals surface area contributed by atoms with E-state index in [2.05, 4.69) is 9.98 Å². The summed E-state index contributed by atoms with van der Waals surface area (Å²) < 4.78 is 27.4. The second-order valence-corrected chi connectivity index (χ2v) is 6.67. The van der Waals surface area contributed by atoms with Crippen LogP contribution in [0.4, 0.5) is 8.78 Å². The van der Waals surface area contributed by atoms with Gasteiger partial charge in [0.1, 0.15) is 23.3 Å². The van der Waals surface area contributed by atoms with Crippen LogP contribution in [0.1, 0.15) is 32.3 Å². The minimum Gasteiger partial charge on any atom is -0.398 e. The van der Waals surface area contributed by atoms with Crippen molar-refractivity contribution in [2.24, 2.45) is 27.4 Å². The Morgan fingerprint density at radius 1 is 1.21 bits per heavy atom. The SMILES string of the molecule is CC(C)C(N)=NC(=N)/C=C\C(N)=C(/C(=N)c1ccc(F)cc1F)C1=NCCC1. The van der Waals surface area contributed by atoms with E-state index in [1.54, 1.807) is 0 Å². The predicted molar refractivity (Wildman–Crippen MR) is 109 cm³/mol. The fraction of sp³-hybridized carbons (Fsp3) is 0.300. The van der Waals surface area contributed by atoms with E-state index in [-0.39, 0.29) is 34.3 Å². The standard InChI is InChI=1S/C20H24F2N6/c1-11(2)20(26)28-17(24)8-7-15(23)18(16-4-3-9-27-16)19(25)13-6-5-12(21)10-14(13)22/h5-8,10-11,25H,3-4,9,23H2,1-2H3,(H3,24,26,28)/b8-7-,18-15+,25-19?. The van der Waals surface area contributed by atoms with Crippen LogP contribution in [0, 0.1) is 28.4 Å². The first kappa shape index (κ1) is 21.1. The molecule has 0 saturated carbocycles. The number of nitrogens with one attached hydrogen (secondary N) is 2. The first-order valence-corrected chi connectivity index (χ1v) is 8.89. The van der Waals surface area contributed by atoms with Crippen LogP contribution >= 0.6 is 0 Å². The number of benzene rings is 1. The molecule has 1 aliphatic rings. The first-order chi connectivity index (χ1) is 13.2. The molecule has 0 saturated heterocycles. The Morgan fingerprint density at radius 3 is 2.50 bits per heavy atom. The van der Waals surface area contributed by atoms with Gasteiger partial charge in [-0.3, -0.25) is 15.8 Å². The molecule has 0 unspecified atom stereocenters. The van der Waals surface area contributed by atoms with Crippen LogP contribution in [0.3, 0.4) is 0 Å². The summed E-state index contributed by atoms with van der Waals surface area (Å²) in [4.78, 5) is 8.32. The zero-order valence-electron chi connectivity index (χ0n) is 15.9. The van der Waals surface area contributed by atoms with Crippen molar-refractivity contribution in [3.8, 4) is 0 Å². The van der Waals surface area contributed by atoms with E-state index >= 15 is 0 Å². The molecule has 1 aliphatic heterocycles. The molecule has 0 fully saturated rings. The Hall–Kier alpha value is -3.16. The van der Waals surface area contributed by atoms with Gasteiger partial charge in [-0.2, -0.15) is 0 Å². The summed E-state index contributed by atoms with van der Waals surface area (Å²) in [6.45, 7) is 4.32. The number of nitrogens with zero attached hydrogens (tertiary/aromatic N) is 2. The Morgan fingerprint density at radius 2 is 1.93 bits per heavy atom. The number of hydrogen-bond acceptors (Lipinski definition) is 4.